The topological polar surface area (TPSA) is 76.0 Å². The van der Waals surface area contributed by atoms with E-state index in [-0.39, 0.29) is 10.9 Å². The summed E-state index contributed by atoms with van der Waals surface area (Å²) in [6.07, 6.45) is 1.48. The van der Waals surface area contributed by atoms with Crippen molar-refractivity contribution >= 4 is 23.5 Å². The van der Waals surface area contributed by atoms with E-state index in [9.17, 15) is 4.39 Å². The standard InChI is InChI=1S/C17H19FN4O2S/c18-13-1-3-15(12(9-13)11-22-5-7-23-8-6-22)16-4-2-14(24-16)10-20-21-17(19)25/h1-4,9-10H,5-8,11H2,(H3,19,21,25)/b20-10+. The molecule has 25 heavy (non-hydrogen) atoms. The van der Waals surface area contributed by atoms with Crippen LogP contribution in [-0.4, -0.2) is 42.5 Å². The zero-order chi connectivity index (χ0) is 17.6. The molecule has 1 fully saturated rings. The molecule has 132 valence electrons. The van der Waals surface area contributed by atoms with Crippen molar-refractivity contribution in [2.45, 2.75) is 6.54 Å². The van der Waals surface area contributed by atoms with Crippen LogP contribution >= 0.6 is 12.2 Å². The highest BCUT2D eigenvalue weighted by atomic mass is 32.1. The van der Waals surface area contributed by atoms with Gasteiger partial charge in [-0.25, -0.2) is 4.39 Å². The van der Waals surface area contributed by atoms with Gasteiger partial charge < -0.3 is 14.9 Å². The highest BCUT2D eigenvalue weighted by Crippen LogP contribution is 2.27. The average Bonchev–Trinajstić information content (AvgIpc) is 3.04. The minimum Gasteiger partial charge on any atom is -0.455 e. The van der Waals surface area contributed by atoms with E-state index in [1.807, 2.05) is 6.07 Å². The molecule has 0 unspecified atom stereocenters. The number of morpholine rings is 1. The van der Waals surface area contributed by atoms with Gasteiger partial charge in [0.2, 0.25) is 0 Å². The molecule has 0 amide bonds. The van der Waals surface area contributed by atoms with Gasteiger partial charge in [-0.05, 0) is 48.1 Å². The highest BCUT2D eigenvalue weighted by molar-refractivity contribution is 7.80. The first-order valence-corrected chi connectivity index (χ1v) is 8.30. The molecule has 2 heterocycles. The quantitative estimate of drug-likeness (QED) is 0.482. The first kappa shape index (κ1) is 17.5. The molecular formula is C17H19FN4O2S. The number of thiocarbonyl (C=S) groups is 1. The third-order valence-electron chi connectivity index (χ3n) is 3.82. The number of halogens is 1. The second kappa shape index (κ2) is 8.19. The lowest BCUT2D eigenvalue weighted by Gasteiger charge is -2.27. The number of nitrogens with two attached hydrogens (primary N) is 1. The molecule has 8 heteroatoms. The second-order valence-electron chi connectivity index (χ2n) is 5.63. The molecule has 2 aromatic rings. The van der Waals surface area contributed by atoms with Crippen molar-refractivity contribution in [1.29, 1.82) is 0 Å². The molecule has 1 aliphatic rings. The zero-order valence-electron chi connectivity index (χ0n) is 13.6. The number of furan rings is 1. The molecular weight excluding hydrogens is 343 g/mol. The van der Waals surface area contributed by atoms with Gasteiger partial charge in [-0.2, -0.15) is 5.10 Å². The van der Waals surface area contributed by atoms with Crippen molar-refractivity contribution in [3.05, 3.63) is 47.5 Å². The summed E-state index contributed by atoms with van der Waals surface area (Å²) in [6, 6.07) is 8.33. The minimum atomic E-state index is -0.263. The van der Waals surface area contributed by atoms with Gasteiger partial charge in [0.15, 0.2) is 5.11 Å². The van der Waals surface area contributed by atoms with Crippen LogP contribution in [0.5, 0.6) is 0 Å². The fourth-order valence-electron chi connectivity index (χ4n) is 2.66. The number of rotatable bonds is 5. The molecule has 0 saturated carbocycles. The summed E-state index contributed by atoms with van der Waals surface area (Å²) >= 11 is 4.67. The van der Waals surface area contributed by atoms with E-state index >= 15 is 0 Å². The Balaban J connectivity index is 1.80. The second-order valence-corrected chi connectivity index (χ2v) is 6.07. The van der Waals surface area contributed by atoms with Gasteiger partial charge in [-0.15, -0.1) is 0 Å². The Hall–Kier alpha value is -2.29. The molecule has 6 nitrogen and oxygen atoms in total. The van der Waals surface area contributed by atoms with Crippen LogP contribution in [0.25, 0.3) is 11.3 Å². The van der Waals surface area contributed by atoms with Crippen molar-refractivity contribution < 1.29 is 13.5 Å². The van der Waals surface area contributed by atoms with Crippen molar-refractivity contribution in [3.63, 3.8) is 0 Å². The lowest BCUT2D eigenvalue weighted by atomic mass is 10.0. The maximum atomic E-state index is 13.7. The fraction of sp³-hybridized carbons (Fsp3) is 0.294. The Labute approximate surface area is 150 Å². The smallest absolute Gasteiger partial charge is 0.184 e. The zero-order valence-corrected chi connectivity index (χ0v) is 14.4. The molecule has 1 aromatic heterocycles. The Morgan fingerprint density at radius 2 is 2.12 bits per heavy atom. The van der Waals surface area contributed by atoms with Gasteiger partial charge in [0.1, 0.15) is 17.3 Å². The van der Waals surface area contributed by atoms with Gasteiger partial charge >= 0.3 is 0 Å². The average molecular weight is 362 g/mol. The number of hydrazone groups is 1. The lowest BCUT2D eigenvalue weighted by molar-refractivity contribution is 0.0342. The maximum absolute atomic E-state index is 13.7. The highest BCUT2D eigenvalue weighted by Gasteiger charge is 2.16. The molecule has 0 radical (unpaired) electrons. The Bertz CT molecular complexity index is 772. The van der Waals surface area contributed by atoms with E-state index < -0.39 is 0 Å². The van der Waals surface area contributed by atoms with E-state index in [0.29, 0.717) is 31.3 Å². The Morgan fingerprint density at radius 3 is 2.88 bits per heavy atom. The van der Waals surface area contributed by atoms with Gasteiger partial charge in [0.25, 0.3) is 0 Å². The van der Waals surface area contributed by atoms with Crippen LogP contribution in [0, 0.1) is 5.82 Å². The van der Waals surface area contributed by atoms with Crippen molar-refractivity contribution in [1.82, 2.24) is 10.3 Å². The predicted molar refractivity (Wildman–Crippen MR) is 97.7 cm³/mol. The fourth-order valence-corrected chi connectivity index (χ4v) is 2.71. The number of ether oxygens (including phenoxy) is 1. The summed E-state index contributed by atoms with van der Waals surface area (Å²) in [4.78, 5) is 2.24. The van der Waals surface area contributed by atoms with E-state index in [0.717, 1.165) is 24.2 Å². The van der Waals surface area contributed by atoms with Crippen LogP contribution in [0.15, 0.2) is 39.9 Å². The number of benzene rings is 1. The van der Waals surface area contributed by atoms with Crippen LogP contribution < -0.4 is 11.2 Å². The largest absolute Gasteiger partial charge is 0.455 e. The molecule has 0 aliphatic carbocycles. The number of nitrogens with one attached hydrogen (secondary N) is 1. The van der Waals surface area contributed by atoms with Gasteiger partial charge in [0, 0.05) is 25.2 Å². The summed E-state index contributed by atoms with van der Waals surface area (Å²) in [6.45, 7) is 3.70. The van der Waals surface area contributed by atoms with Crippen LogP contribution in [0.4, 0.5) is 4.39 Å². The van der Waals surface area contributed by atoms with Crippen LogP contribution in [-0.2, 0) is 11.3 Å². The van der Waals surface area contributed by atoms with Crippen LogP contribution in [0.2, 0.25) is 0 Å². The number of hydrogen-bond donors (Lipinski definition) is 2. The van der Waals surface area contributed by atoms with Crippen LogP contribution in [0.3, 0.4) is 0 Å². The van der Waals surface area contributed by atoms with E-state index in [2.05, 4.69) is 27.6 Å². The summed E-state index contributed by atoms with van der Waals surface area (Å²) in [7, 11) is 0. The first-order chi connectivity index (χ1) is 12.1. The number of hydrogen-bond acceptors (Lipinski definition) is 5. The van der Waals surface area contributed by atoms with Crippen LogP contribution in [0.1, 0.15) is 11.3 Å². The molecule has 1 aromatic carbocycles. The summed E-state index contributed by atoms with van der Waals surface area (Å²) in [5.41, 5.74) is 9.50. The van der Waals surface area contributed by atoms with Crippen molar-refractivity contribution in [3.8, 4) is 11.3 Å². The molecule has 3 rings (SSSR count). The molecule has 0 atom stereocenters. The predicted octanol–water partition coefficient (Wildman–Crippen LogP) is 2.08. The summed E-state index contributed by atoms with van der Waals surface area (Å²) < 4.78 is 24.9. The van der Waals surface area contributed by atoms with E-state index in [1.165, 1.54) is 12.3 Å². The van der Waals surface area contributed by atoms with Gasteiger partial charge in [-0.3, -0.25) is 10.3 Å². The summed E-state index contributed by atoms with van der Waals surface area (Å²) in [5, 5.41) is 3.94. The lowest BCUT2D eigenvalue weighted by Crippen LogP contribution is -2.35. The maximum Gasteiger partial charge on any atom is 0.184 e. The first-order valence-electron chi connectivity index (χ1n) is 7.89. The van der Waals surface area contributed by atoms with Crippen molar-refractivity contribution in [2.75, 3.05) is 26.3 Å². The third-order valence-corrected chi connectivity index (χ3v) is 3.92. The normalized spacial score (nSPS) is 15.6. The summed E-state index contributed by atoms with van der Waals surface area (Å²) in [5.74, 6) is 0.932. The van der Waals surface area contributed by atoms with E-state index in [4.69, 9.17) is 14.9 Å². The van der Waals surface area contributed by atoms with Gasteiger partial charge in [-0.1, -0.05) is 0 Å². The molecule has 0 bridgehead atoms. The Kier molecular flexibility index (Phi) is 5.75. The SMILES string of the molecule is NC(=S)N/N=C/c1ccc(-c2ccc(F)cc2CN2CCOCC2)o1. The van der Waals surface area contributed by atoms with Gasteiger partial charge in [0.05, 0.1) is 19.4 Å². The number of nitrogens with zero attached hydrogens (tertiary/aromatic N) is 2. The molecule has 1 aliphatic heterocycles. The minimum absolute atomic E-state index is 0.0781. The molecule has 3 N–H and O–H groups in total. The monoisotopic (exact) mass is 362 g/mol. The molecule has 1 saturated heterocycles. The molecule has 0 spiro atoms. The van der Waals surface area contributed by atoms with E-state index in [1.54, 1.807) is 18.2 Å². The Morgan fingerprint density at radius 1 is 1.32 bits per heavy atom. The third kappa shape index (κ3) is 4.85. The van der Waals surface area contributed by atoms with Crippen molar-refractivity contribution in [2.24, 2.45) is 10.8 Å².